The average molecular weight is 379 g/mol. The van der Waals surface area contributed by atoms with E-state index in [1.54, 1.807) is 37.0 Å². The second-order valence-electron chi connectivity index (χ2n) is 5.94. The van der Waals surface area contributed by atoms with Gasteiger partial charge in [-0.3, -0.25) is 0 Å². The van der Waals surface area contributed by atoms with Gasteiger partial charge in [0.1, 0.15) is 5.82 Å². The summed E-state index contributed by atoms with van der Waals surface area (Å²) in [4.78, 5) is 21.6. The Morgan fingerprint density at radius 3 is 2.56 bits per heavy atom. The monoisotopic (exact) mass is 379 g/mol. The predicted octanol–water partition coefficient (Wildman–Crippen LogP) is 4.08. The van der Waals surface area contributed by atoms with E-state index in [1.807, 2.05) is 24.3 Å². The van der Waals surface area contributed by atoms with Crippen LogP contribution in [0.2, 0.25) is 0 Å². The zero-order valence-electron chi connectivity index (χ0n) is 15.2. The third kappa shape index (κ3) is 4.98. The molecule has 0 bridgehead atoms. The van der Waals surface area contributed by atoms with E-state index in [1.165, 1.54) is 10.5 Å². The SMILES string of the molecule is CNC(=O)Nc1ccc(-c2nc(N)cc(CSc3ccccc3C)n2)cc1. The van der Waals surface area contributed by atoms with Crippen molar-refractivity contribution in [3.05, 3.63) is 65.9 Å². The molecule has 0 aliphatic rings. The minimum atomic E-state index is -0.265. The maximum absolute atomic E-state index is 11.4. The van der Waals surface area contributed by atoms with E-state index < -0.39 is 0 Å². The Morgan fingerprint density at radius 2 is 1.85 bits per heavy atom. The Bertz CT molecular complexity index is 943. The maximum Gasteiger partial charge on any atom is 0.318 e. The molecule has 6 nitrogen and oxygen atoms in total. The van der Waals surface area contributed by atoms with Gasteiger partial charge in [-0.25, -0.2) is 14.8 Å². The summed E-state index contributed by atoms with van der Waals surface area (Å²) >= 11 is 1.72. The molecule has 0 unspecified atom stereocenters. The highest BCUT2D eigenvalue weighted by Gasteiger charge is 2.08. The summed E-state index contributed by atoms with van der Waals surface area (Å²) in [7, 11) is 1.57. The second kappa shape index (κ2) is 8.55. The van der Waals surface area contributed by atoms with Crippen molar-refractivity contribution < 1.29 is 4.79 Å². The lowest BCUT2D eigenvalue weighted by molar-refractivity contribution is 0.254. The molecule has 1 aromatic heterocycles. The summed E-state index contributed by atoms with van der Waals surface area (Å²) in [5.41, 5.74) is 9.63. The van der Waals surface area contributed by atoms with Gasteiger partial charge in [-0.2, -0.15) is 0 Å². The number of nitrogens with two attached hydrogens (primary N) is 1. The summed E-state index contributed by atoms with van der Waals surface area (Å²) < 4.78 is 0. The van der Waals surface area contributed by atoms with Gasteiger partial charge >= 0.3 is 6.03 Å². The van der Waals surface area contributed by atoms with Crippen molar-refractivity contribution in [3.8, 4) is 11.4 Å². The minimum Gasteiger partial charge on any atom is -0.384 e. The fraction of sp³-hybridized carbons (Fsp3) is 0.150. The van der Waals surface area contributed by atoms with Gasteiger partial charge in [0.15, 0.2) is 5.82 Å². The van der Waals surface area contributed by atoms with Crippen molar-refractivity contribution >= 4 is 29.3 Å². The number of amides is 2. The van der Waals surface area contributed by atoms with Crippen molar-refractivity contribution in [2.24, 2.45) is 0 Å². The molecule has 7 heteroatoms. The number of aromatic nitrogens is 2. The first kappa shape index (κ1) is 18.7. The topological polar surface area (TPSA) is 92.9 Å². The summed E-state index contributed by atoms with van der Waals surface area (Å²) in [5.74, 6) is 1.72. The first-order chi connectivity index (χ1) is 13.0. The van der Waals surface area contributed by atoms with E-state index in [0.29, 0.717) is 23.1 Å². The van der Waals surface area contributed by atoms with E-state index >= 15 is 0 Å². The number of nitrogens with zero attached hydrogens (tertiary/aromatic N) is 2. The normalized spacial score (nSPS) is 10.4. The number of hydrogen-bond donors (Lipinski definition) is 3. The molecule has 1 heterocycles. The second-order valence-corrected chi connectivity index (χ2v) is 6.96. The first-order valence-electron chi connectivity index (χ1n) is 8.46. The Labute approximate surface area is 162 Å². The van der Waals surface area contributed by atoms with Crippen molar-refractivity contribution in [1.82, 2.24) is 15.3 Å². The number of nitrogen functional groups attached to an aromatic ring is 1. The van der Waals surface area contributed by atoms with Crippen LogP contribution < -0.4 is 16.4 Å². The van der Waals surface area contributed by atoms with E-state index in [2.05, 4.69) is 39.7 Å². The number of benzene rings is 2. The van der Waals surface area contributed by atoms with E-state index in [4.69, 9.17) is 5.73 Å². The molecule has 0 saturated heterocycles. The van der Waals surface area contributed by atoms with E-state index in [0.717, 1.165) is 11.3 Å². The molecule has 0 atom stereocenters. The molecule has 0 saturated carbocycles. The summed E-state index contributed by atoms with van der Waals surface area (Å²) in [6.07, 6.45) is 0. The Kier molecular flexibility index (Phi) is 5.93. The average Bonchev–Trinajstić information content (AvgIpc) is 2.67. The van der Waals surface area contributed by atoms with Gasteiger partial charge in [0, 0.05) is 35.0 Å². The summed E-state index contributed by atoms with van der Waals surface area (Å²) in [6, 6.07) is 17.1. The van der Waals surface area contributed by atoms with Crippen molar-refractivity contribution in [3.63, 3.8) is 0 Å². The lowest BCUT2D eigenvalue weighted by Gasteiger charge is -2.09. The number of aryl methyl sites for hydroxylation is 1. The number of rotatable bonds is 5. The van der Waals surface area contributed by atoms with Gasteiger partial charge in [0.2, 0.25) is 0 Å². The molecular weight excluding hydrogens is 358 g/mol. The molecule has 138 valence electrons. The van der Waals surface area contributed by atoms with E-state index in [-0.39, 0.29) is 6.03 Å². The summed E-state index contributed by atoms with van der Waals surface area (Å²) in [6.45, 7) is 2.09. The van der Waals surface area contributed by atoms with Crippen LogP contribution in [0.1, 0.15) is 11.3 Å². The first-order valence-corrected chi connectivity index (χ1v) is 9.45. The van der Waals surface area contributed by atoms with Crippen LogP contribution >= 0.6 is 11.8 Å². The Morgan fingerprint density at radius 1 is 1.11 bits per heavy atom. The molecule has 0 aliphatic carbocycles. The quantitative estimate of drug-likeness (QED) is 0.581. The Balaban J connectivity index is 1.77. The fourth-order valence-corrected chi connectivity index (χ4v) is 3.41. The number of nitrogens with one attached hydrogen (secondary N) is 2. The molecule has 0 spiro atoms. The molecule has 2 aromatic carbocycles. The zero-order chi connectivity index (χ0) is 19.2. The molecule has 0 radical (unpaired) electrons. The van der Waals surface area contributed by atoms with Gasteiger partial charge in [0.25, 0.3) is 0 Å². The van der Waals surface area contributed by atoms with Crippen LogP contribution in [0.3, 0.4) is 0 Å². The van der Waals surface area contributed by atoms with E-state index in [9.17, 15) is 4.79 Å². The smallest absolute Gasteiger partial charge is 0.318 e. The minimum absolute atomic E-state index is 0.265. The van der Waals surface area contributed by atoms with Crippen LogP contribution in [0.25, 0.3) is 11.4 Å². The third-order valence-electron chi connectivity index (χ3n) is 3.90. The zero-order valence-corrected chi connectivity index (χ0v) is 16.0. The fourth-order valence-electron chi connectivity index (χ4n) is 2.49. The molecular formula is C20H21N5OS. The van der Waals surface area contributed by atoms with Crippen molar-refractivity contribution in [1.29, 1.82) is 0 Å². The third-order valence-corrected chi connectivity index (χ3v) is 5.11. The molecule has 3 aromatic rings. The van der Waals surface area contributed by atoms with Crippen LogP contribution in [0.15, 0.2) is 59.5 Å². The predicted molar refractivity (Wildman–Crippen MR) is 111 cm³/mol. The number of carbonyl (C=O) groups is 1. The lowest BCUT2D eigenvalue weighted by Crippen LogP contribution is -2.24. The Hall–Kier alpha value is -3.06. The van der Waals surface area contributed by atoms with Crippen molar-refractivity contribution in [2.75, 3.05) is 18.1 Å². The molecule has 4 N–H and O–H groups in total. The molecule has 3 rings (SSSR count). The molecule has 2 amide bonds. The number of anilines is 2. The van der Waals surface area contributed by atoms with Gasteiger partial charge < -0.3 is 16.4 Å². The van der Waals surface area contributed by atoms with Crippen LogP contribution in [-0.2, 0) is 5.75 Å². The number of hydrogen-bond acceptors (Lipinski definition) is 5. The highest BCUT2D eigenvalue weighted by molar-refractivity contribution is 7.98. The number of carbonyl (C=O) groups excluding carboxylic acids is 1. The largest absolute Gasteiger partial charge is 0.384 e. The molecule has 0 aliphatic heterocycles. The van der Waals surface area contributed by atoms with Gasteiger partial charge in [-0.15, -0.1) is 11.8 Å². The van der Waals surface area contributed by atoms with Crippen LogP contribution in [0, 0.1) is 6.92 Å². The number of urea groups is 1. The van der Waals surface area contributed by atoms with Crippen LogP contribution in [0.4, 0.5) is 16.3 Å². The summed E-state index contributed by atoms with van der Waals surface area (Å²) in [5, 5.41) is 5.23. The lowest BCUT2D eigenvalue weighted by atomic mass is 10.2. The molecule has 0 fully saturated rings. The highest BCUT2D eigenvalue weighted by atomic mass is 32.2. The van der Waals surface area contributed by atoms with Crippen LogP contribution in [-0.4, -0.2) is 23.0 Å². The molecule has 27 heavy (non-hydrogen) atoms. The number of thioether (sulfide) groups is 1. The van der Waals surface area contributed by atoms with Crippen LogP contribution in [0.5, 0.6) is 0 Å². The standard InChI is InChI=1S/C20H21N5OS/c1-13-5-3-4-6-17(13)27-12-16-11-18(21)25-19(23-16)14-7-9-15(10-8-14)24-20(26)22-2/h3-11H,12H2,1-2H3,(H2,21,23,25)(H2,22,24,26). The van der Waals surface area contributed by atoms with Crippen molar-refractivity contribution in [2.45, 2.75) is 17.6 Å². The van der Waals surface area contributed by atoms with Gasteiger partial charge in [0.05, 0.1) is 5.69 Å². The maximum atomic E-state index is 11.4. The van der Waals surface area contributed by atoms with Gasteiger partial charge in [-0.05, 0) is 42.8 Å². The highest BCUT2D eigenvalue weighted by Crippen LogP contribution is 2.27. The van der Waals surface area contributed by atoms with Gasteiger partial charge in [-0.1, -0.05) is 18.2 Å².